The van der Waals surface area contributed by atoms with Crippen molar-refractivity contribution in [2.75, 3.05) is 32.4 Å². The molecule has 0 amide bonds. The minimum atomic E-state index is 0.475. The molecule has 0 bridgehead atoms. The van der Waals surface area contributed by atoms with Crippen molar-refractivity contribution in [1.29, 1.82) is 0 Å². The molecule has 0 spiro atoms. The summed E-state index contributed by atoms with van der Waals surface area (Å²) < 4.78 is 15.7. The van der Waals surface area contributed by atoms with E-state index in [-0.39, 0.29) is 0 Å². The molecule has 2 aromatic carbocycles. The summed E-state index contributed by atoms with van der Waals surface area (Å²) in [5, 5.41) is 3.68. The summed E-state index contributed by atoms with van der Waals surface area (Å²) in [6.45, 7) is 0. The van der Waals surface area contributed by atoms with Gasteiger partial charge in [-0.2, -0.15) is 0 Å². The lowest BCUT2D eigenvalue weighted by Crippen LogP contribution is -2.00. The topological polar surface area (TPSA) is 65.7 Å². The van der Waals surface area contributed by atoms with Crippen molar-refractivity contribution in [1.82, 2.24) is 0 Å². The number of nitrogens with one attached hydrogen (secondary N) is 1. The van der Waals surface area contributed by atoms with Crippen molar-refractivity contribution in [3.05, 3.63) is 35.4 Å². The lowest BCUT2D eigenvalue weighted by atomic mass is 10.2. The predicted octanol–water partition coefficient (Wildman–Crippen LogP) is 3.69. The van der Waals surface area contributed by atoms with Crippen LogP contribution in [0, 0.1) is 0 Å². The second-order valence-corrected chi connectivity index (χ2v) is 4.67. The van der Waals surface area contributed by atoms with Crippen LogP contribution in [0.3, 0.4) is 0 Å². The van der Waals surface area contributed by atoms with Gasteiger partial charge in [0, 0.05) is 18.2 Å². The van der Waals surface area contributed by atoms with Crippen molar-refractivity contribution in [2.45, 2.75) is 0 Å². The van der Waals surface area contributed by atoms with Crippen molar-refractivity contribution < 1.29 is 14.2 Å². The smallest absolute Gasteiger partial charge is 0.144 e. The minimum Gasteiger partial charge on any atom is -0.497 e. The van der Waals surface area contributed by atoms with E-state index in [1.807, 2.05) is 12.1 Å². The molecule has 3 N–H and O–H groups in total. The first-order chi connectivity index (χ1) is 10.1. The van der Waals surface area contributed by atoms with Crippen molar-refractivity contribution in [2.24, 2.45) is 0 Å². The highest BCUT2D eigenvalue weighted by Gasteiger charge is 2.11. The maximum atomic E-state index is 6.08. The van der Waals surface area contributed by atoms with Crippen LogP contribution in [-0.4, -0.2) is 21.3 Å². The Morgan fingerprint density at radius 2 is 1.62 bits per heavy atom. The molecule has 0 radical (unpaired) electrons. The van der Waals surface area contributed by atoms with Crippen LogP contribution in [-0.2, 0) is 0 Å². The molecule has 0 saturated heterocycles. The van der Waals surface area contributed by atoms with Crippen LogP contribution in [0.15, 0.2) is 30.3 Å². The number of methoxy groups -OCH3 is 3. The second kappa shape index (κ2) is 6.45. The number of hydrogen-bond acceptors (Lipinski definition) is 5. The number of halogens is 1. The molecule has 21 heavy (non-hydrogen) atoms. The van der Waals surface area contributed by atoms with Crippen molar-refractivity contribution in [3.8, 4) is 17.2 Å². The van der Waals surface area contributed by atoms with Crippen LogP contribution in [0.5, 0.6) is 17.2 Å². The molecule has 0 aromatic heterocycles. The fourth-order valence-electron chi connectivity index (χ4n) is 1.88. The van der Waals surface area contributed by atoms with E-state index in [0.29, 0.717) is 33.6 Å². The highest BCUT2D eigenvalue weighted by atomic mass is 35.5. The SMILES string of the molecule is COc1ccc(Nc2cc(OC)c(Cl)cc2OC)c(N)c1. The summed E-state index contributed by atoms with van der Waals surface area (Å²) in [5.74, 6) is 1.83. The zero-order valence-corrected chi connectivity index (χ0v) is 12.8. The summed E-state index contributed by atoms with van der Waals surface area (Å²) in [7, 11) is 4.72. The minimum absolute atomic E-state index is 0.475. The first-order valence-electron chi connectivity index (χ1n) is 6.21. The van der Waals surface area contributed by atoms with Crippen LogP contribution in [0.2, 0.25) is 5.02 Å². The largest absolute Gasteiger partial charge is 0.497 e. The summed E-state index contributed by atoms with van der Waals surface area (Å²) in [6, 6.07) is 8.82. The van der Waals surface area contributed by atoms with E-state index in [2.05, 4.69) is 5.32 Å². The quantitative estimate of drug-likeness (QED) is 0.825. The summed E-state index contributed by atoms with van der Waals surface area (Å²) in [6.07, 6.45) is 0. The van der Waals surface area contributed by atoms with E-state index in [4.69, 9.17) is 31.5 Å². The molecule has 2 rings (SSSR count). The highest BCUT2D eigenvalue weighted by Crippen LogP contribution is 2.38. The van der Waals surface area contributed by atoms with E-state index in [0.717, 1.165) is 5.69 Å². The summed E-state index contributed by atoms with van der Waals surface area (Å²) in [5.41, 5.74) is 8.00. The molecule has 0 fully saturated rings. The number of nitrogen functional groups attached to an aromatic ring is 1. The lowest BCUT2D eigenvalue weighted by molar-refractivity contribution is 0.405. The number of anilines is 3. The van der Waals surface area contributed by atoms with E-state index >= 15 is 0 Å². The zero-order valence-electron chi connectivity index (χ0n) is 12.1. The average Bonchev–Trinajstić information content (AvgIpc) is 2.50. The number of ether oxygens (including phenoxy) is 3. The van der Waals surface area contributed by atoms with Crippen LogP contribution < -0.4 is 25.3 Å². The van der Waals surface area contributed by atoms with Gasteiger partial charge in [0.25, 0.3) is 0 Å². The third kappa shape index (κ3) is 3.25. The Labute approximate surface area is 128 Å². The highest BCUT2D eigenvalue weighted by molar-refractivity contribution is 6.32. The van der Waals surface area contributed by atoms with Gasteiger partial charge in [0.2, 0.25) is 0 Å². The standard InChI is InChI=1S/C15H17ClN2O3/c1-19-9-4-5-12(11(17)6-9)18-13-8-14(20-2)10(16)7-15(13)21-3/h4-8,18H,17H2,1-3H3. The third-order valence-corrected chi connectivity index (χ3v) is 3.30. The monoisotopic (exact) mass is 308 g/mol. The average molecular weight is 309 g/mol. The van der Waals surface area contributed by atoms with E-state index < -0.39 is 0 Å². The third-order valence-electron chi connectivity index (χ3n) is 3.00. The molecule has 112 valence electrons. The van der Waals surface area contributed by atoms with Crippen molar-refractivity contribution >= 4 is 28.7 Å². The predicted molar refractivity (Wildman–Crippen MR) is 85.2 cm³/mol. The molecule has 0 atom stereocenters. The molecular weight excluding hydrogens is 292 g/mol. The number of benzene rings is 2. The molecule has 0 unspecified atom stereocenters. The molecule has 0 aliphatic rings. The molecule has 0 aliphatic heterocycles. The number of nitrogens with two attached hydrogens (primary N) is 1. The van der Waals surface area contributed by atoms with Crippen molar-refractivity contribution in [3.63, 3.8) is 0 Å². The molecule has 0 aliphatic carbocycles. The van der Waals surface area contributed by atoms with Gasteiger partial charge >= 0.3 is 0 Å². The fraction of sp³-hybridized carbons (Fsp3) is 0.200. The first kappa shape index (κ1) is 15.1. The Morgan fingerprint density at radius 1 is 0.905 bits per heavy atom. The van der Waals surface area contributed by atoms with Crippen LogP contribution in [0.4, 0.5) is 17.1 Å². The molecule has 0 heterocycles. The van der Waals surface area contributed by atoms with E-state index in [1.54, 1.807) is 39.5 Å². The van der Waals surface area contributed by atoms with Gasteiger partial charge in [-0.15, -0.1) is 0 Å². The van der Waals surface area contributed by atoms with E-state index in [9.17, 15) is 0 Å². The normalized spacial score (nSPS) is 10.1. The number of rotatable bonds is 5. The maximum absolute atomic E-state index is 6.08. The van der Waals surface area contributed by atoms with E-state index in [1.165, 1.54) is 0 Å². The second-order valence-electron chi connectivity index (χ2n) is 4.27. The Hall–Kier alpha value is -2.27. The van der Waals surface area contributed by atoms with Gasteiger partial charge in [-0.05, 0) is 12.1 Å². The molecule has 2 aromatic rings. The molecule has 5 nitrogen and oxygen atoms in total. The summed E-state index contributed by atoms with van der Waals surface area (Å²) in [4.78, 5) is 0. The van der Waals surface area contributed by atoms with Crippen LogP contribution in [0.25, 0.3) is 0 Å². The zero-order chi connectivity index (χ0) is 15.4. The van der Waals surface area contributed by atoms with Gasteiger partial charge in [0.05, 0.1) is 43.4 Å². The lowest BCUT2D eigenvalue weighted by Gasteiger charge is -2.15. The van der Waals surface area contributed by atoms with Gasteiger partial charge in [0.15, 0.2) is 0 Å². The van der Waals surface area contributed by atoms with Gasteiger partial charge in [-0.25, -0.2) is 0 Å². The van der Waals surface area contributed by atoms with Gasteiger partial charge in [-0.3, -0.25) is 0 Å². The fourth-order valence-corrected chi connectivity index (χ4v) is 2.12. The Balaban J connectivity index is 2.38. The maximum Gasteiger partial charge on any atom is 0.144 e. The van der Waals surface area contributed by atoms with Gasteiger partial charge < -0.3 is 25.3 Å². The first-order valence-corrected chi connectivity index (χ1v) is 6.59. The Morgan fingerprint density at radius 3 is 2.19 bits per heavy atom. The Bertz CT molecular complexity index is 647. The van der Waals surface area contributed by atoms with Gasteiger partial charge in [0.1, 0.15) is 17.2 Å². The van der Waals surface area contributed by atoms with Crippen LogP contribution >= 0.6 is 11.6 Å². The molecular formula is C15H17ClN2O3. The van der Waals surface area contributed by atoms with Gasteiger partial charge in [-0.1, -0.05) is 11.6 Å². The van der Waals surface area contributed by atoms with Crippen LogP contribution in [0.1, 0.15) is 0 Å². The number of hydrogen-bond donors (Lipinski definition) is 2. The molecule has 0 saturated carbocycles. The molecule has 6 heteroatoms. The Kier molecular flexibility index (Phi) is 4.65. The summed E-state index contributed by atoms with van der Waals surface area (Å²) >= 11 is 6.08.